The highest BCUT2D eigenvalue weighted by molar-refractivity contribution is 5.84. The topological polar surface area (TPSA) is 127 Å². The highest BCUT2D eigenvalue weighted by Gasteiger charge is 2.29. The molecule has 0 spiro atoms. The van der Waals surface area contributed by atoms with Crippen molar-refractivity contribution in [2.45, 2.75) is 18.3 Å². The van der Waals surface area contributed by atoms with Crippen molar-refractivity contribution < 1.29 is 35.4 Å². The fraction of sp³-hybridized carbons (Fsp3) is 0.833. The van der Waals surface area contributed by atoms with Crippen LogP contribution in [0, 0.1) is 0 Å². The lowest BCUT2D eigenvalue weighted by Crippen LogP contribution is -2.45. The molecular weight excluding hydrogens is 184 g/mol. The number of aliphatic hydroxyl groups is 4. The Bertz CT molecular complexity index is 159. The minimum absolute atomic E-state index is 0.786. The predicted octanol–water partition coefficient (Wildman–Crippen LogP) is -2.88. The lowest BCUT2D eigenvalue weighted by molar-refractivity contribution is -0.241. The number of carbonyl (C=O) groups is 1. The van der Waals surface area contributed by atoms with Gasteiger partial charge in [-0.2, -0.15) is 0 Å². The van der Waals surface area contributed by atoms with Crippen LogP contribution in [0.2, 0.25) is 0 Å². The molecule has 0 unspecified atom stereocenters. The summed E-state index contributed by atoms with van der Waals surface area (Å²) < 4.78 is 0. The van der Waals surface area contributed by atoms with Gasteiger partial charge >= 0.3 is 0 Å². The van der Waals surface area contributed by atoms with Gasteiger partial charge in [-0.3, -0.25) is 10.1 Å². The molecule has 0 saturated carbocycles. The van der Waals surface area contributed by atoms with Crippen molar-refractivity contribution in [3.63, 3.8) is 0 Å². The third kappa shape index (κ3) is 3.77. The first-order valence-electron chi connectivity index (χ1n) is 3.48. The zero-order chi connectivity index (χ0) is 10.4. The van der Waals surface area contributed by atoms with Crippen LogP contribution in [0.5, 0.6) is 0 Å². The van der Waals surface area contributed by atoms with E-state index in [1.54, 1.807) is 0 Å². The quantitative estimate of drug-likeness (QED) is 0.228. The summed E-state index contributed by atoms with van der Waals surface area (Å²) in [6, 6.07) is 0. The summed E-state index contributed by atoms with van der Waals surface area (Å²) in [5, 5.41) is 42.9. The minimum atomic E-state index is -1.89. The van der Waals surface area contributed by atoms with Crippen molar-refractivity contribution in [1.29, 1.82) is 0 Å². The van der Waals surface area contributed by atoms with E-state index in [1.807, 2.05) is 0 Å². The molecule has 0 fully saturated rings. The van der Waals surface area contributed by atoms with Gasteiger partial charge in [0.15, 0.2) is 5.78 Å². The van der Waals surface area contributed by atoms with Crippen LogP contribution < -0.4 is 0 Å². The van der Waals surface area contributed by atoms with Crippen LogP contribution in [0.25, 0.3) is 0 Å². The van der Waals surface area contributed by atoms with Crippen molar-refractivity contribution in [2.75, 3.05) is 13.2 Å². The molecule has 13 heavy (non-hydrogen) atoms. The van der Waals surface area contributed by atoms with Gasteiger partial charge in [-0.15, -0.1) is 0 Å². The Morgan fingerprint density at radius 2 is 1.85 bits per heavy atom. The molecule has 0 aromatic rings. The van der Waals surface area contributed by atoms with E-state index in [2.05, 4.69) is 4.89 Å². The SMILES string of the molecule is O=C(COO)[C@H](O)[C@H](O)[C@H](O)CO. The summed E-state index contributed by atoms with van der Waals surface area (Å²) in [5.41, 5.74) is 0. The van der Waals surface area contributed by atoms with Crippen LogP contribution in [0.1, 0.15) is 0 Å². The number of hydrogen-bond donors (Lipinski definition) is 5. The average Bonchev–Trinajstić information content (AvgIpc) is 2.14. The molecule has 0 radical (unpaired) electrons. The van der Waals surface area contributed by atoms with E-state index in [4.69, 9.17) is 25.7 Å². The van der Waals surface area contributed by atoms with Gasteiger partial charge in [-0.05, 0) is 0 Å². The van der Waals surface area contributed by atoms with Gasteiger partial charge in [0.05, 0.1) is 6.61 Å². The summed E-state index contributed by atoms with van der Waals surface area (Å²) in [7, 11) is 0. The molecule has 7 nitrogen and oxygen atoms in total. The fourth-order valence-electron chi connectivity index (χ4n) is 0.658. The van der Waals surface area contributed by atoms with Crippen molar-refractivity contribution in [3.8, 4) is 0 Å². The molecule has 0 amide bonds. The third-order valence-electron chi connectivity index (χ3n) is 1.44. The van der Waals surface area contributed by atoms with E-state index < -0.39 is 37.3 Å². The molecule has 0 aromatic heterocycles. The van der Waals surface area contributed by atoms with Crippen LogP contribution in [-0.2, 0) is 9.68 Å². The van der Waals surface area contributed by atoms with Crippen LogP contribution in [-0.4, -0.2) is 63.0 Å². The van der Waals surface area contributed by atoms with E-state index in [0.717, 1.165) is 0 Å². The summed E-state index contributed by atoms with van der Waals surface area (Å²) in [6.07, 6.45) is -5.31. The molecule has 0 bridgehead atoms. The molecule has 0 aliphatic heterocycles. The molecule has 0 rings (SSSR count). The number of ketones is 1. The number of Topliss-reactive ketones (excluding diaryl/α,β-unsaturated/α-hetero) is 1. The third-order valence-corrected chi connectivity index (χ3v) is 1.44. The summed E-state index contributed by atoms with van der Waals surface area (Å²) >= 11 is 0. The first kappa shape index (κ1) is 12.4. The molecule has 3 atom stereocenters. The summed E-state index contributed by atoms with van der Waals surface area (Å²) in [5.74, 6) is -0.998. The Kier molecular flexibility index (Phi) is 5.71. The van der Waals surface area contributed by atoms with Gasteiger partial charge in [-0.1, -0.05) is 0 Å². The zero-order valence-corrected chi connectivity index (χ0v) is 6.70. The number of carbonyl (C=O) groups excluding carboxylic acids is 1. The summed E-state index contributed by atoms with van der Waals surface area (Å²) in [6.45, 7) is -1.58. The number of aliphatic hydroxyl groups excluding tert-OH is 4. The van der Waals surface area contributed by atoms with E-state index in [9.17, 15) is 4.79 Å². The predicted molar refractivity (Wildman–Crippen MR) is 38.7 cm³/mol. The lowest BCUT2D eigenvalue weighted by atomic mass is 10.1. The van der Waals surface area contributed by atoms with E-state index in [0.29, 0.717) is 0 Å². The molecular formula is C6H12O7. The van der Waals surface area contributed by atoms with Crippen molar-refractivity contribution in [1.82, 2.24) is 0 Å². The van der Waals surface area contributed by atoms with Crippen LogP contribution >= 0.6 is 0 Å². The van der Waals surface area contributed by atoms with Gasteiger partial charge < -0.3 is 20.4 Å². The Morgan fingerprint density at radius 1 is 1.31 bits per heavy atom. The van der Waals surface area contributed by atoms with Crippen molar-refractivity contribution >= 4 is 5.78 Å². The van der Waals surface area contributed by atoms with Crippen LogP contribution in [0.4, 0.5) is 0 Å². The molecule has 5 N–H and O–H groups in total. The largest absolute Gasteiger partial charge is 0.394 e. The van der Waals surface area contributed by atoms with Gasteiger partial charge in [-0.25, -0.2) is 4.89 Å². The first-order chi connectivity index (χ1) is 6.04. The number of hydrogen-bond acceptors (Lipinski definition) is 7. The molecule has 0 heterocycles. The summed E-state index contributed by atoms with van der Waals surface area (Å²) in [4.78, 5) is 14.1. The first-order valence-corrected chi connectivity index (χ1v) is 3.48. The Balaban J connectivity index is 4.07. The van der Waals surface area contributed by atoms with E-state index in [-0.39, 0.29) is 0 Å². The maximum Gasteiger partial charge on any atom is 0.192 e. The van der Waals surface area contributed by atoms with E-state index >= 15 is 0 Å². The maximum absolute atomic E-state index is 10.7. The van der Waals surface area contributed by atoms with Crippen LogP contribution in [0.3, 0.4) is 0 Å². The van der Waals surface area contributed by atoms with Gasteiger partial charge in [0.25, 0.3) is 0 Å². The Labute approximate surface area is 73.7 Å². The molecule has 0 aliphatic rings. The standard InChI is InChI=1S/C6H12O7/c7-1-3(8)5(10)6(11)4(9)2-13-12/h3,5-8,10-12H,1-2H2/t3-,5-,6+/m1/s1. The lowest BCUT2D eigenvalue weighted by Gasteiger charge is -2.19. The normalized spacial score (nSPS) is 17.9. The highest BCUT2D eigenvalue weighted by Crippen LogP contribution is 2.01. The van der Waals surface area contributed by atoms with Crippen molar-refractivity contribution in [2.24, 2.45) is 0 Å². The number of rotatable bonds is 6. The molecule has 78 valence electrons. The van der Waals surface area contributed by atoms with Crippen molar-refractivity contribution in [3.05, 3.63) is 0 Å². The van der Waals surface area contributed by atoms with E-state index in [1.165, 1.54) is 0 Å². The van der Waals surface area contributed by atoms with Gasteiger partial charge in [0, 0.05) is 0 Å². The highest BCUT2D eigenvalue weighted by atomic mass is 17.1. The monoisotopic (exact) mass is 196 g/mol. The zero-order valence-electron chi connectivity index (χ0n) is 6.70. The second kappa shape index (κ2) is 5.97. The smallest absolute Gasteiger partial charge is 0.192 e. The maximum atomic E-state index is 10.7. The fourth-order valence-corrected chi connectivity index (χ4v) is 0.658. The van der Waals surface area contributed by atoms with Gasteiger partial charge in [0.2, 0.25) is 0 Å². The molecule has 0 aliphatic carbocycles. The Morgan fingerprint density at radius 3 is 2.23 bits per heavy atom. The van der Waals surface area contributed by atoms with Gasteiger partial charge in [0.1, 0.15) is 24.9 Å². The molecule has 0 aromatic carbocycles. The average molecular weight is 196 g/mol. The molecule has 7 heteroatoms. The minimum Gasteiger partial charge on any atom is -0.394 e. The second-order valence-corrected chi connectivity index (χ2v) is 2.43. The van der Waals surface area contributed by atoms with Crippen LogP contribution in [0.15, 0.2) is 0 Å². The molecule has 0 saturated heterocycles. The Hall–Kier alpha value is -0.570. The second-order valence-electron chi connectivity index (χ2n) is 2.43.